The van der Waals surface area contributed by atoms with Crippen molar-refractivity contribution in [1.29, 1.82) is 0 Å². The maximum atomic E-state index is 13.1. The summed E-state index contributed by atoms with van der Waals surface area (Å²) < 4.78 is 18.2. The third kappa shape index (κ3) is 6.23. The van der Waals surface area contributed by atoms with E-state index in [0.717, 1.165) is 12.5 Å². The molecule has 2 N–H and O–H groups in total. The maximum absolute atomic E-state index is 13.1. The molecule has 0 aliphatic rings. The van der Waals surface area contributed by atoms with Crippen LogP contribution in [0, 0.1) is 15.9 Å². The molecular weight excluding hydrogens is 255 g/mol. The fraction of sp³-hybridized carbons (Fsp3) is 0.500. The normalized spacial score (nSPS) is 10.6. The average molecular weight is 272 g/mol. The van der Waals surface area contributed by atoms with Crippen LogP contribution in [0.5, 0.6) is 0 Å². The Labute approximate surface area is 110 Å². The van der Waals surface area contributed by atoms with Crippen molar-refractivity contribution in [2.45, 2.75) is 13.0 Å². The number of nitro groups is 1. The maximum Gasteiger partial charge on any atom is 0.272 e. The van der Waals surface area contributed by atoms with Gasteiger partial charge in [-0.15, -0.1) is 0 Å². The number of hydrogen-bond acceptors (Lipinski definition) is 5. The number of aliphatic hydroxyl groups excluding tert-OH is 1. The Kier molecular flexibility index (Phi) is 6.94. The summed E-state index contributed by atoms with van der Waals surface area (Å²) in [5.74, 6) is -0.614. The van der Waals surface area contributed by atoms with Crippen LogP contribution in [0.2, 0.25) is 0 Å². The SMILES string of the molecule is O=[N+]([O-])c1cc(F)cc(CNCCCOCCO)c1. The first-order chi connectivity index (χ1) is 9.13. The number of nitro benzene ring substituents is 1. The smallest absolute Gasteiger partial charge is 0.272 e. The number of rotatable bonds is 9. The predicted octanol–water partition coefficient (Wildman–Crippen LogP) is 1.22. The number of benzene rings is 1. The molecule has 19 heavy (non-hydrogen) atoms. The number of ether oxygens (including phenoxy) is 1. The molecule has 1 aromatic carbocycles. The van der Waals surface area contributed by atoms with E-state index >= 15 is 0 Å². The van der Waals surface area contributed by atoms with Gasteiger partial charge in [0.1, 0.15) is 5.82 Å². The molecule has 0 heterocycles. The molecule has 7 heteroatoms. The molecule has 0 atom stereocenters. The second kappa shape index (κ2) is 8.52. The fourth-order valence-corrected chi connectivity index (χ4v) is 1.54. The minimum absolute atomic E-state index is 0.000385. The van der Waals surface area contributed by atoms with Gasteiger partial charge in [-0.3, -0.25) is 10.1 Å². The Morgan fingerprint density at radius 3 is 2.84 bits per heavy atom. The van der Waals surface area contributed by atoms with Gasteiger partial charge < -0.3 is 15.2 Å². The Bertz CT molecular complexity index is 415. The molecule has 1 rings (SSSR count). The zero-order valence-electron chi connectivity index (χ0n) is 10.5. The third-order valence-corrected chi connectivity index (χ3v) is 2.36. The van der Waals surface area contributed by atoms with Crippen LogP contribution in [0.3, 0.4) is 0 Å². The van der Waals surface area contributed by atoms with Gasteiger partial charge >= 0.3 is 0 Å². The van der Waals surface area contributed by atoms with Crippen LogP contribution in [0.4, 0.5) is 10.1 Å². The molecule has 0 bridgehead atoms. The number of halogens is 1. The summed E-state index contributed by atoms with van der Waals surface area (Å²) in [6.45, 7) is 1.85. The quantitative estimate of drug-likeness (QED) is 0.401. The van der Waals surface area contributed by atoms with Crippen molar-refractivity contribution in [3.05, 3.63) is 39.7 Å². The minimum Gasteiger partial charge on any atom is -0.394 e. The van der Waals surface area contributed by atoms with Crippen molar-refractivity contribution in [3.63, 3.8) is 0 Å². The van der Waals surface area contributed by atoms with Crippen molar-refractivity contribution in [2.75, 3.05) is 26.4 Å². The van der Waals surface area contributed by atoms with Crippen molar-refractivity contribution < 1.29 is 19.2 Å². The lowest BCUT2D eigenvalue weighted by atomic mass is 10.2. The molecule has 6 nitrogen and oxygen atoms in total. The highest BCUT2D eigenvalue weighted by atomic mass is 19.1. The summed E-state index contributed by atoms with van der Waals surface area (Å²) in [5, 5.41) is 22.1. The van der Waals surface area contributed by atoms with Gasteiger partial charge in [0.15, 0.2) is 0 Å². The summed E-state index contributed by atoms with van der Waals surface area (Å²) in [5.41, 5.74) is 0.283. The van der Waals surface area contributed by atoms with E-state index in [1.165, 1.54) is 12.1 Å². The average Bonchev–Trinajstić information content (AvgIpc) is 2.37. The molecule has 0 aliphatic carbocycles. The lowest BCUT2D eigenvalue weighted by molar-refractivity contribution is -0.385. The molecule has 0 saturated heterocycles. The van der Waals surface area contributed by atoms with Gasteiger partial charge in [-0.1, -0.05) is 0 Å². The molecule has 0 amide bonds. The number of aliphatic hydroxyl groups is 1. The summed E-state index contributed by atoms with van der Waals surface area (Å²) in [4.78, 5) is 9.95. The van der Waals surface area contributed by atoms with Crippen LogP contribution in [-0.2, 0) is 11.3 Å². The fourth-order valence-electron chi connectivity index (χ4n) is 1.54. The minimum atomic E-state index is -0.616. The van der Waals surface area contributed by atoms with Gasteiger partial charge in [-0.2, -0.15) is 0 Å². The van der Waals surface area contributed by atoms with Gasteiger partial charge in [0, 0.05) is 19.2 Å². The van der Waals surface area contributed by atoms with Crippen LogP contribution in [-0.4, -0.2) is 36.4 Å². The molecule has 0 saturated carbocycles. The summed E-state index contributed by atoms with van der Waals surface area (Å²) >= 11 is 0. The number of nitrogens with one attached hydrogen (secondary N) is 1. The van der Waals surface area contributed by atoms with Crippen LogP contribution >= 0.6 is 0 Å². The highest BCUT2D eigenvalue weighted by Gasteiger charge is 2.09. The molecule has 0 radical (unpaired) electrons. The van der Waals surface area contributed by atoms with E-state index in [0.29, 0.717) is 31.9 Å². The highest BCUT2D eigenvalue weighted by molar-refractivity contribution is 5.35. The molecule has 0 aliphatic heterocycles. The Morgan fingerprint density at radius 2 is 2.16 bits per heavy atom. The first-order valence-corrected chi connectivity index (χ1v) is 5.96. The van der Waals surface area contributed by atoms with Crippen LogP contribution in [0.25, 0.3) is 0 Å². The van der Waals surface area contributed by atoms with Crippen molar-refractivity contribution >= 4 is 5.69 Å². The van der Waals surface area contributed by atoms with E-state index in [1.54, 1.807) is 0 Å². The summed E-state index contributed by atoms with van der Waals surface area (Å²) in [6, 6.07) is 3.51. The van der Waals surface area contributed by atoms with E-state index in [2.05, 4.69) is 5.32 Å². The Morgan fingerprint density at radius 1 is 1.37 bits per heavy atom. The molecule has 0 unspecified atom stereocenters. The zero-order chi connectivity index (χ0) is 14.1. The highest BCUT2D eigenvalue weighted by Crippen LogP contribution is 2.16. The van der Waals surface area contributed by atoms with E-state index in [-0.39, 0.29) is 12.3 Å². The van der Waals surface area contributed by atoms with Gasteiger partial charge in [0.25, 0.3) is 5.69 Å². The monoisotopic (exact) mass is 272 g/mol. The predicted molar refractivity (Wildman–Crippen MR) is 67.3 cm³/mol. The van der Waals surface area contributed by atoms with E-state index < -0.39 is 10.7 Å². The van der Waals surface area contributed by atoms with Gasteiger partial charge in [-0.25, -0.2) is 4.39 Å². The van der Waals surface area contributed by atoms with Crippen molar-refractivity contribution in [2.24, 2.45) is 0 Å². The second-order valence-electron chi connectivity index (χ2n) is 3.94. The Hall–Kier alpha value is -1.57. The standard InChI is InChI=1S/C12H17FN2O4/c13-11-6-10(7-12(8-11)15(17)18)9-14-2-1-4-19-5-3-16/h6-8,14,16H,1-5,9H2. The number of hydrogen-bond donors (Lipinski definition) is 2. The van der Waals surface area contributed by atoms with Gasteiger partial charge in [0.2, 0.25) is 0 Å². The lowest BCUT2D eigenvalue weighted by Crippen LogP contribution is -2.17. The molecule has 106 valence electrons. The first kappa shape index (κ1) is 15.5. The van der Waals surface area contributed by atoms with E-state index in [9.17, 15) is 14.5 Å². The van der Waals surface area contributed by atoms with Gasteiger partial charge in [-0.05, 0) is 24.6 Å². The second-order valence-corrected chi connectivity index (χ2v) is 3.94. The third-order valence-electron chi connectivity index (χ3n) is 2.36. The molecule has 1 aromatic rings. The lowest BCUT2D eigenvalue weighted by Gasteiger charge is -2.05. The topological polar surface area (TPSA) is 84.6 Å². The van der Waals surface area contributed by atoms with Gasteiger partial charge in [0.05, 0.1) is 24.2 Å². The first-order valence-electron chi connectivity index (χ1n) is 5.96. The molecular formula is C12H17FN2O4. The summed E-state index contributed by atoms with van der Waals surface area (Å²) in [6.07, 6.45) is 0.747. The van der Waals surface area contributed by atoms with Crippen LogP contribution < -0.4 is 5.32 Å². The van der Waals surface area contributed by atoms with Crippen molar-refractivity contribution in [1.82, 2.24) is 5.32 Å². The van der Waals surface area contributed by atoms with Crippen molar-refractivity contribution in [3.8, 4) is 0 Å². The molecule has 0 aromatic heterocycles. The molecule has 0 spiro atoms. The largest absolute Gasteiger partial charge is 0.394 e. The number of nitrogens with zero attached hydrogens (tertiary/aromatic N) is 1. The Balaban J connectivity index is 2.31. The van der Waals surface area contributed by atoms with Crippen LogP contribution in [0.15, 0.2) is 18.2 Å². The molecule has 0 fully saturated rings. The van der Waals surface area contributed by atoms with E-state index in [1.807, 2.05) is 0 Å². The van der Waals surface area contributed by atoms with Crippen LogP contribution in [0.1, 0.15) is 12.0 Å². The number of non-ortho nitro benzene ring substituents is 1. The summed E-state index contributed by atoms with van der Waals surface area (Å²) in [7, 11) is 0. The zero-order valence-corrected chi connectivity index (χ0v) is 10.5. The van der Waals surface area contributed by atoms with E-state index in [4.69, 9.17) is 9.84 Å².